The molecule has 3 aromatic carbocycles. The van der Waals surface area contributed by atoms with Gasteiger partial charge in [-0.15, -0.1) is 0 Å². The van der Waals surface area contributed by atoms with E-state index >= 15 is 0 Å². The summed E-state index contributed by atoms with van der Waals surface area (Å²) in [5.41, 5.74) is 8.73. The Morgan fingerprint density at radius 3 is 2.33 bits per heavy atom. The van der Waals surface area contributed by atoms with E-state index in [0.29, 0.717) is 11.5 Å². The highest BCUT2D eigenvalue weighted by Gasteiger charge is 2.22. The van der Waals surface area contributed by atoms with E-state index in [1.54, 1.807) is 17.6 Å². The number of nitrogens with one attached hydrogen (secondary N) is 1. The SMILES string of the molecule is Cc1c(Cc2ccc(C(=O)NO)cc2)c2ccccc2n1CC1CCN(CCc2ccccc2)CC1. The van der Waals surface area contributed by atoms with Gasteiger partial charge in [0.1, 0.15) is 0 Å². The second-order valence-electron chi connectivity index (χ2n) is 10.0. The van der Waals surface area contributed by atoms with Crippen molar-refractivity contribution in [1.29, 1.82) is 0 Å². The minimum Gasteiger partial charge on any atom is -0.344 e. The van der Waals surface area contributed by atoms with Crippen molar-refractivity contribution in [3.8, 4) is 0 Å². The fraction of sp³-hybridized carbons (Fsp3) is 0.323. The molecule has 0 bridgehead atoms. The highest BCUT2D eigenvalue weighted by molar-refractivity contribution is 5.93. The lowest BCUT2D eigenvalue weighted by Gasteiger charge is -2.32. The molecule has 4 aromatic rings. The Balaban J connectivity index is 1.26. The molecule has 0 spiro atoms. The first kappa shape index (κ1) is 24.3. The molecule has 5 rings (SSSR count). The molecule has 0 radical (unpaired) electrons. The molecular weight excluding hydrogens is 446 g/mol. The molecule has 0 saturated carbocycles. The summed E-state index contributed by atoms with van der Waals surface area (Å²) < 4.78 is 2.53. The number of nitrogens with zero attached hydrogens (tertiary/aromatic N) is 2. The van der Waals surface area contributed by atoms with E-state index in [0.717, 1.165) is 31.5 Å². The maximum atomic E-state index is 11.7. The standard InChI is InChI=1S/C31H35N3O2/c1-23-29(21-25-11-13-27(14-12-25)31(35)32-36)28-9-5-6-10-30(28)34(23)22-26-16-19-33(20-17-26)18-15-24-7-3-2-4-8-24/h2-14,26,36H,15-22H2,1H3,(H,32,35). The van der Waals surface area contributed by atoms with E-state index in [9.17, 15) is 4.79 Å². The molecule has 1 aromatic heterocycles. The molecule has 5 nitrogen and oxygen atoms in total. The maximum absolute atomic E-state index is 11.7. The fourth-order valence-electron chi connectivity index (χ4n) is 5.59. The lowest BCUT2D eigenvalue weighted by Crippen LogP contribution is -2.36. The van der Waals surface area contributed by atoms with Crippen molar-refractivity contribution < 1.29 is 10.0 Å². The Labute approximate surface area is 213 Å². The Hall–Kier alpha value is -3.41. The third kappa shape index (κ3) is 5.38. The zero-order valence-electron chi connectivity index (χ0n) is 21.0. The average molecular weight is 482 g/mol. The number of hydrogen-bond acceptors (Lipinski definition) is 3. The fourth-order valence-corrected chi connectivity index (χ4v) is 5.59. The summed E-state index contributed by atoms with van der Waals surface area (Å²) >= 11 is 0. The molecule has 1 amide bonds. The smallest absolute Gasteiger partial charge is 0.274 e. The summed E-state index contributed by atoms with van der Waals surface area (Å²) in [6, 6.07) is 27.0. The number of rotatable bonds is 8. The van der Waals surface area contributed by atoms with Crippen LogP contribution >= 0.6 is 0 Å². The van der Waals surface area contributed by atoms with Crippen LogP contribution in [0.4, 0.5) is 0 Å². The van der Waals surface area contributed by atoms with Gasteiger partial charge in [-0.05, 0) is 86.5 Å². The predicted molar refractivity (Wildman–Crippen MR) is 144 cm³/mol. The number of carbonyl (C=O) groups excluding carboxylic acids is 1. The van der Waals surface area contributed by atoms with Crippen LogP contribution in [0, 0.1) is 12.8 Å². The number of aromatic nitrogens is 1. The van der Waals surface area contributed by atoms with Gasteiger partial charge in [-0.2, -0.15) is 0 Å². The summed E-state index contributed by atoms with van der Waals surface area (Å²) in [5.74, 6) is 0.206. The molecule has 1 fully saturated rings. The number of hydrogen-bond donors (Lipinski definition) is 2. The van der Waals surface area contributed by atoms with Gasteiger partial charge in [0, 0.05) is 35.2 Å². The first-order chi connectivity index (χ1) is 17.6. The van der Waals surface area contributed by atoms with E-state index < -0.39 is 5.91 Å². The van der Waals surface area contributed by atoms with Crippen LogP contribution in [0.3, 0.4) is 0 Å². The first-order valence-corrected chi connectivity index (χ1v) is 13.0. The van der Waals surface area contributed by atoms with E-state index in [1.807, 2.05) is 12.1 Å². The van der Waals surface area contributed by atoms with Gasteiger partial charge in [0.15, 0.2) is 0 Å². The van der Waals surface area contributed by atoms with Crippen molar-refractivity contribution in [3.63, 3.8) is 0 Å². The molecule has 36 heavy (non-hydrogen) atoms. The molecule has 1 aliphatic heterocycles. The number of amides is 1. The first-order valence-electron chi connectivity index (χ1n) is 13.0. The van der Waals surface area contributed by atoms with Crippen molar-refractivity contribution in [2.75, 3.05) is 19.6 Å². The number of fused-ring (bicyclic) bond motifs is 1. The average Bonchev–Trinajstić information content (AvgIpc) is 3.19. The molecule has 0 aliphatic carbocycles. The second-order valence-corrected chi connectivity index (χ2v) is 10.0. The van der Waals surface area contributed by atoms with Gasteiger partial charge in [-0.25, -0.2) is 5.48 Å². The van der Waals surface area contributed by atoms with Crippen LogP contribution < -0.4 is 5.48 Å². The third-order valence-electron chi connectivity index (χ3n) is 7.77. The Morgan fingerprint density at radius 2 is 1.61 bits per heavy atom. The Morgan fingerprint density at radius 1 is 0.917 bits per heavy atom. The zero-order chi connectivity index (χ0) is 24.9. The predicted octanol–water partition coefficient (Wildman–Crippen LogP) is 5.61. The summed E-state index contributed by atoms with van der Waals surface area (Å²) in [6.45, 7) is 6.81. The molecule has 186 valence electrons. The monoisotopic (exact) mass is 481 g/mol. The Kier molecular flexibility index (Phi) is 7.49. The van der Waals surface area contributed by atoms with E-state index in [2.05, 4.69) is 71.0 Å². The lowest BCUT2D eigenvalue weighted by molar-refractivity contribution is 0.0706. The number of likely N-dealkylation sites (tertiary alicyclic amines) is 1. The number of para-hydroxylation sites is 1. The van der Waals surface area contributed by atoms with Crippen molar-refractivity contribution >= 4 is 16.8 Å². The van der Waals surface area contributed by atoms with Crippen LogP contribution in [0.1, 0.15) is 45.6 Å². The lowest BCUT2D eigenvalue weighted by atomic mass is 9.96. The zero-order valence-corrected chi connectivity index (χ0v) is 21.0. The van der Waals surface area contributed by atoms with E-state index in [-0.39, 0.29) is 0 Å². The molecule has 1 aliphatic rings. The highest BCUT2D eigenvalue weighted by Crippen LogP contribution is 2.30. The van der Waals surface area contributed by atoms with Crippen molar-refractivity contribution in [1.82, 2.24) is 14.9 Å². The molecule has 5 heteroatoms. The largest absolute Gasteiger partial charge is 0.344 e. The van der Waals surface area contributed by atoms with Gasteiger partial charge >= 0.3 is 0 Å². The summed E-state index contributed by atoms with van der Waals surface area (Å²) in [6.07, 6.45) is 4.43. The van der Waals surface area contributed by atoms with Crippen molar-refractivity contribution in [3.05, 3.63) is 107 Å². The van der Waals surface area contributed by atoms with Crippen LogP contribution in [0.25, 0.3) is 10.9 Å². The quantitative estimate of drug-likeness (QED) is 0.254. The summed E-state index contributed by atoms with van der Waals surface area (Å²) in [7, 11) is 0. The number of benzene rings is 3. The van der Waals surface area contributed by atoms with Crippen LogP contribution in [0.2, 0.25) is 0 Å². The second kappa shape index (κ2) is 11.1. The van der Waals surface area contributed by atoms with Crippen molar-refractivity contribution in [2.24, 2.45) is 5.92 Å². The molecule has 0 atom stereocenters. The van der Waals surface area contributed by atoms with E-state index in [1.165, 1.54) is 53.7 Å². The number of piperidine rings is 1. The van der Waals surface area contributed by atoms with Crippen LogP contribution in [0.5, 0.6) is 0 Å². The third-order valence-corrected chi connectivity index (χ3v) is 7.77. The highest BCUT2D eigenvalue weighted by atomic mass is 16.5. The van der Waals surface area contributed by atoms with Gasteiger partial charge in [-0.1, -0.05) is 60.7 Å². The van der Waals surface area contributed by atoms with Gasteiger partial charge in [0.05, 0.1) is 0 Å². The minimum atomic E-state index is -0.486. The normalized spacial score (nSPS) is 14.8. The van der Waals surface area contributed by atoms with Crippen LogP contribution in [-0.4, -0.2) is 40.2 Å². The van der Waals surface area contributed by atoms with Gasteiger partial charge in [0.2, 0.25) is 0 Å². The summed E-state index contributed by atoms with van der Waals surface area (Å²) in [4.78, 5) is 14.3. The number of carbonyl (C=O) groups is 1. The summed E-state index contributed by atoms with van der Waals surface area (Å²) in [5, 5.41) is 10.2. The van der Waals surface area contributed by atoms with Crippen LogP contribution in [-0.2, 0) is 19.4 Å². The van der Waals surface area contributed by atoms with Crippen LogP contribution in [0.15, 0.2) is 78.9 Å². The molecular formula is C31H35N3O2. The topological polar surface area (TPSA) is 57.5 Å². The Bertz CT molecular complexity index is 1300. The van der Waals surface area contributed by atoms with Gasteiger partial charge in [0.25, 0.3) is 5.91 Å². The van der Waals surface area contributed by atoms with Gasteiger partial charge < -0.3 is 9.47 Å². The maximum Gasteiger partial charge on any atom is 0.274 e. The van der Waals surface area contributed by atoms with E-state index in [4.69, 9.17) is 5.21 Å². The molecule has 2 N–H and O–H groups in total. The molecule has 0 unspecified atom stereocenters. The minimum absolute atomic E-state index is 0.454. The number of hydroxylamine groups is 1. The van der Waals surface area contributed by atoms with Gasteiger partial charge in [-0.3, -0.25) is 10.0 Å². The van der Waals surface area contributed by atoms with Crippen molar-refractivity contribution in [2.45, 2.75) is 39.2 Å². The molecule has 1 saturated heterocycles. The molecule has 2 heterocycles.